The van der Waals surface area contributed by atoms with Gasteiger partial charge < -0.3 is 16.2 Å². The molecule has 7 heteroatoms. The number of hydrogen-bond acceptors (Lipinski definition) is 5. The summed E-state index contributed by atoms with van der Waals surface area (Å²) in [5, 5.41) is 16.4. The highest BCUT2D eigenvalue weighted by Crippen LogP contribution is 2.19. The number of nitrogens with two attached hydrogens (primary N) is 1. The Labute approximate surface area is 122 Å². The van der Waals surface area contributed by atoms with E-state index in [0.29, 0.717) is 12.4 Å². The molecule has 2 aromatic heterocycles. The number of hydrogen-bond donors (Lipinski definition) is 3. The number of aromatic nitrogens is 3. The Hall–Kier alpha value is -2.57. The fourth-order valence-corrected chi connectivity index (χ4v) is 2.14. The highest BCUT2D eigenvalue weighted by Gasteiger charge is 2.11. The number of nitrogens with one attached hydrogen (secondary N) is 1. The van der Waals surface area contributed by atoms with Crippen LogP contribution in [0.3, 0.4) is 0 Å². The standard InChI is InChI=1S/C14H19N5O2/c1-9-8-10(2)19(18-9)7-3-5-16-13-12(15)11(14(20)21)4-6-17-13/h4,6,8H,3,5,7,15H2,1-2H3,(H,16,17)(H,20,21). The topological polar surface area (TPSA) is 106 Å². The highest BCUT2D eigenvalue weighted by molar-refractivity contribution is 5.96. The van der Waals surface area contributed by atoms with Gasteiger partial charge in [-0.05, 0) is 32.4 Å². The Kier molecular flexibility index (Phi) is 4.42. The zero-order valence-electron chi connectivity index (χ0n) is 12.1. The number of nitrogen functional groups attached to an aromatic ring is 1. The van der Waals surface area contributed by atoms with Crippen molar-refractivity contribution >= 4 is 17.5 Å². The molecule has 4 N–H and O–H groups in total. The average Bonchev–Trinajstić information content (AvgIpc) is 2.74. The summed E-state index contributed by atoms with van der Waals surface area (Å²) in [6.07, 6.45) is 2.27. The monoisotopic (exact) mass is 289 g/mol. The van der Waals surface area contributed by atoms with Crippen LogP contribution >= 0.6 is 0 Å². The van der Waals surface area contributed by atoms with E-state index < -0.39 is 5.97 Å². The summed E-state index contributed by atoms with van der Waals surface area (Å²) >= 11 is 0. The zero-order chi connectivity index (χ0) is 15.4. The molecule has 0 fully saturated rings. The van der Waals surface area contributed by atoms with Crippen molar-refractivity contribution in [3.05, 3.63) is 35.3 Å². The molecule has 0 radical (unpaired) electrons. The van der Waals surface area contributed by atoms with E-state index >= 15 is 0 Å². The van der Waals surface area contributed by atoms with E-state index in [-0.39, 0.29) is 11.3 Å². The molecule has 0 saturated carbocycles. The number of anilines is 2. The van der Waals surface area contributed by atoms with Crippen molar-refractivity contribution in [2.45, 2.75) is 26.8 Å². The molecule has 0 saturated heterocycles. The molecule has 0 atom stereocenters. The lowest BCUT2D eigenvalue weighted by Crippen LogP contribution is -2.12. The van der Waals surface area contributed by atoms with Gasteiger partial charge in [0.1, 0.15) is 5.82 Å². The van der Waals surface area contributed by atoms with Crippen LogP contribution in [0, 0.1) is 13.8 Å². The van der Waals surface area contributed by atoms with Gasteiger partial charge in [-0.25, -0.2) is 9.78 Å². The Morgan fingerprint density at radius 2 is 2.24 bits per heavy atom. The van der Waals surface area contributed by atoms with Crippen molar-refractivity contribution in [2.24, 2.45) is 0 Å². The lowest BCUT2D eigenvalue weighted by molar-refractivity contribution is 0.0698. The number of nitrogens with zero attached hydrogens (tertiary/aromatic N) is 3. The maximum Gasteiger partial charge on any atom is 0.337 e. The van der Waals surface area contributed by atoms with E-state index in [0.717, 1.165) is 24.4 Å². The van der Waals surface area contributed by atoms with Crippen LogP contribution < -0.4 is 11.1 Å². The van der Waals surface area contributed by atoms with Gasteiger partial charge in [0.2, 0.25) is 0 Å². The molecular weight excluding hydrogens is 270 g/mol. The summed E-state index contributed by atoms with van der Waals surface area (Å²) in [6, 6.07) is 3.42. The quantitative estimate of drug-likeness (QED) is 0.699. The van der Waals surface area contributed by atoms with E-state index in [2.05, 4.69) is 15.4 Å². The molecule has 0 bridgehead atoms. The molecule has 7 nitrogen and oxygen atoms in total. The van der Waals surface area contributed by atoms with Gasteiger partial charge in [0, 0.05) is 25.0 Å². The molecule has 2 aromatic rings. The van der Waals surface area contributed by atoms with Crippen LogP contribution in [-0.2, 0) is 6.54 Å². The van der Waals surface area contributed by atoms with Gasteiger partial charge in [0.25, 0.3) is 0 Å². The molecule has 0 aliphatic rings. The van der Waals surface area contributed by atoms with Gasteiger partial charge in [0.15, 0.2) is 0 Å². The second kappa shape index (κ2) is 6.25. The Bertz CT molecular complexity index is 651. The lowest BCUT2D eigenvalue weighted by Gasteiger charge is -2.10. The van der Waals surface area contributed by atoms with Crippen LogP contribution in [0.25, 0.3) is 0 Å². The van der Waals surface area contributed by atoms with Crippen LogP contribution in [0.5, 0.6) is 0 Å². The summed E-state index contributed by atoms with van der Waals surface area (Å²) < 4.78 is 1.95. The minimum atomic E-state index is -1.06. The molecule has 2 rings (SSSR count). The average molecular weight is 289 g/mol. The first-order chi connectivity index (χ1) is 9.99. The number of carboxylic acids is 1. The smallest absolute Gasteiger partial charge is 0.337 e. The predicted molar refractivity (Wildman–Crippen MR) is 80.4 cm³/mol. The molecule has 0 aliphatic heterocycles. The van der Waals surface area contributed by atoms with Crippen molar-refractivity contribution in [3.63, 3.8) is 0 Å². The first-order valence-corrected chi connectivity index (χ1v) is 6.71. The van der Waals surface area contributed by atoms with E-state index in [1.54, 1.807) is 0 Å². The second-order valence-electron chi connectivity index (χ2n) is 4.86. The first-order valence-electron chi connectivity index (χ1n) is 6.71. The number of carboxylic acid groups (broad SMARTS) is 1. The number of pyridine rings is 1. The second-order valence-corrected chi connectivity index (χ2v) is 4.86. The zero-order valence-corrected chi connectivity index (χ0v) is 12.1. The fraction of sp³-hybridized carbons (Fsp3) is 0.357. The lowest BCUT2D eigenvalue weighted by atomic mass is 10.2. The van der Waals surface area contributed by atoms with Gasteiger partial charge in [0.05, 0.1) is 16.9 Å². The van der Waals surface area contributed by atoms with E-state index in [1.807, 2.05) is 24.6 Å². The fourth-order valence-electron chi connectivity index (χ4n) is 2.14. The third-order valence-electron chi connectivity index (χ3n) is 3.16. The third-order valence-corrected chi connectivity index (χ3v) is 3.16. The minimum absolute atomic E-state index is 0.0612. The number of carbonyl (C=O) groups is 1. The van der Waals surface area contributed by atoms with Crippen molar-refractivity contribution in [1.82, 2.24) is 14.8 Å². The molecule has 0 amide bonds. The Balaban J connectivity index is 1.91. The molecule has 21 heavy (non-hydrogen) atoms. The van der Waals surface area contributed by atoms with Crippen LogP contribution in [0.4, 0.5) is 11.5 Å². The SMILES string of the molecule is Cc1cc(C)n(CCCNc2nccc(C(=O)O)c2N)n1. The van der Waals surface area contributed by atoms with Gasteiger partial charge in [-0.1, -0.05) is 0 Å². The first kappa shape index (κ1) is 14.8. The van der Waals surface area contributed by atoms with E-state index in [4.69, 9.17) is 10.8 Å². The van der Waals surface area contributed by atoms with Crippen LogP contribution in [0.15, 0.2) is 18.3 Å². The van der Waals surface area contributed by atoms with Crippen molar-refractivity contribution in [1.29, 1.82) is 0 Å². The summed E-state index contributed by atoms with van der Waals surface area (Å²) in [5.74, 6) is -0.649. The summed E-state index contributed by atoms with van der Waals surface area (Å²) in [7, 11) is 0. The summed E-state index contributed by atoms with van der Waals surface area (Å²) in [4.78, 5) is 15.0. The highest BCUT2D eigenvalue weighted by atomic mass is 16.4. The molecule has 2 heterocycles. The van der Waals surface area contributed by atoms with Crippen molar-refractivity contribution in [2.75, 3.05) is 17.6 Å². The Morgan fingerprint density at radius 3 is 2.86 bits per heavy atom. The molecular formula is C14H19N5O2. The normalized spacial score (nSPS) is 10.6. The van der Waals surface area contributed by atoms with Gasteiger partial charge in [-0.15, -0.1) is 0 Å². The number of aryl methyl sites for hydroxylation is 3. The molecule has 0 aliphatic carbocycles. The number of rotatable bonds is 6. The van der Waals surface area contributed by atoms with Gasteiger partial charge in [-0.2, -0.15) is 5.10 Å². The summed E-state index contributed by atoms with van der Waals surface area (Å²) in [6.45, 7) is 5.40. The van der Waals surface area contributed by atoms with E-state index in [1.165, 1.54) is 12.3 Å². The molecule has 0 unspecified atom stereocenters. The number of aromatic carboxylic acids is 1. The molecule has 112 valence electrons. The van der Waals surface area contributed by atoms with Crippen LogP contribution in [0.1, 0.15) is 28.2 Å². The predicted octanol–water partition coefficient (Wildman–Crippen LogP) is 1.68. The Morgan fingerprint density at radius 1 is 1.48 bits per heavy atom. The van der Waals surface area contributed by atoms with Crippen LogP contribution in [0.2, 0.25) is 0 Å². The van der Waals surface area contributed by atoms with Gasteiger partial charge in [-0.3, -0.25) is 4.68 Å². The third kappa shape index (κ3) is 3.50. The van der Waals surface area contributed by atoms with E-state index in [9.17, 15) is 4.79 Å². The van der Waals surface area contributed by atoms with Gasteiger partial charge >= 0.3 is 5.97 Å². The maximum absolute atomic E-state index is 11.0. The molecule has 0 aromatic carbocycles. The molecule has 0 spiro atoms. The largest absolute Gasteiger partial charge is 0.478 e. The summed E-state index contributed by atoms with van der Waals surface area (Å²) in [5.41, 5.74) is 8.13. The maximum atomic E-state index is 11.0. The van der Waals surface area contributed by atoms with Crippen molar-refractivity contribution in [3.8, 4) is 0 Å². The van der Waals surface area contributed by atoms with Crippen molar-refractivity contribution < 1.29 is 9.90 Å². The van der Waals surface area contributed by atoms with Crippen LogP contribution in [-0.4, -0.2) is 32.4 Å². The minimum Gasteiger partial charge on any atom is -0.478 e.